The standard InChI is InChI=1S/C16H15F3N6OS/c1-25(2)13-11(7-20)14(24-15(21)23-13)27-8-12(26)22-10-5-3-4-9(6-10)16(17,18)19/h3-6H,8H2,1-2H3,(H,22,26)(H2,21,23,24). The van der Waals surface area contributed by atoms with Gasteiger partial charge in [0.25, 0.3) is 0 Å². The minimum atomic E-state index is -4.50. The Balaban J connectivity index is 2.12. The summed E-state index contributed by atoms with van der Waals surface area (Å²) in [6, 6.07) is 6.28. The number of hydrogen-bond acceptors (Lipinski definition) is 7. The molecule has 7 nitrogen and oxygen atoms in total. The quantitative estimate of drug-likeness (QED) is 0.591. The molecule has 0 aliphatic carbocycles. The van der Waals surface area contributed by atoms with Gasteiger partial charge in [-0.3, -0.25) is 4.79 Å². The summed E-state index contributed by atoms with van der Waals surface area (Å²) in [5.41, 5.74) is 4.95. The highest BCUT2D eigenvalue weighted by Crippen LogP contribution is 2.31. The fourth-order valence-electron chi connectivity index (χ4n) is 2.08. The molecule has 27 heavy (non-hydrogen) atoms. The van der Waals surface area contributed by atoms with E-state index in [2.05, 4.69) is 15.3 Å². The van der Waals surface area contributed by atoms with Crippen LogP contribution in [0.2, 0.25) is 0 Å². The van der Waals surface area contributed by atoms with E-state index in [0.29, 0.717) is 5.82 Å². The van der Waals surface area contributed by atoms with Crippen LogP contribution in [0.1, 0.15) is 11.1 Å². The second kappa shape index (κ2) is 8.13. The molecule has 2 aromatic rings. The van der Waals surface area contributed by atoms with E-state index in [1.807, 2.05) is 6.07 Å². The van der Waals surface area contributed by atoms with Crippen LogP contribution in [0.4, 0.5) is 30.6 Å². The van der Waals surface area contributed by atoms with Crippen LogP contribution in [-0.4, -0.2) is 35.7 Å². The fourth-order valence-corrected chi connectivity index (χ4v) is 2.85. The number of carbonyl (C=O) groups is 1. The topological polar surface area (TPSA) is 108 Å². The first kappa shape index (κ1) is 20.3. The van der Waals surface area contributed by atoms with Crippen molar-refractivity contribution in [3.05, 3.63) is 35.4 Å². The van der Waals surface area contributed by atoms with Crippen molar-refractivity contribution in [3.63, 3.8) is 0 Å². The third-order valence-corrected chi connectivity index (χ3v) is 4.20. The van der Waals surface area contributed by atoms with E-state index in [4.69, 9.17) is 5.73 Å². The molecule has 1 aromatic carbocycles. The van der Waals surface area contributed by atoms with Crippen molar-refractivity contribution in [1.29, 1.82) is 5.26 Å². The Kier molecular flexibility index (Phi) is 6.12. The van der Waals surface area contributed by atoms with Crippen LogP contribution in [-0.2, 0) is 11.0 Å². The first-order valence-corrected chi connectivity index (χ1v) is 8.45. The Morgan fingerprint density at radius 3 is 2.67 bits per heavy atom. The molecule has 1 heterocycles. The van der Waals surface area contributed by atoms with Crippen molar-refractivity contribution in [2.75, 3.05) is 35.8 Å². The lowest BCUT2D eigenvalue weighted by molar-refractivity contribution is -0.137. The number of nitrogens with one attached hydrogen (secondary N) is 1. The predicted octanol–water partition coefficient (Wildman–Crippen LogP) is 2.75. The highest BCUT2D eigenvalue weighted by Gasteiger charge is 2.30. The SMILES string of the molecule is CN(C)c1nc(N)nc(SCC(=O)Nc2cccc(C(F)(F)F)c2)c1C#N. The van der Waals surface area contributed by atoms with E-state index in [0.717, 1.165) is 23.9 Å². The van der Waals surface area contributed by atoms with Gasteiger partial charge in [0.05, 0.1) is 11.3 Å². The van der Waals surface area contributed by atoms with E-state index in [1.54, 1.807) is 19.0 Å². The highest BCUT2D eigenvalue weighted by atomic mass is 32.2. The fraction of sp³-hybridized carbons (Fsp3) is 0.250. The maximum Gasteiger partial charge on any atom is 0.416 e. The van der Waals surface area contributed by atoms with E-state index in [1.165, 1.54) is 12.1 Å². The van der Waals surface area contributed by atoms with Gasteiger partial charge < -0.3 is 16.0 Å². The van der Waals surface area contributed by atoms with Crippen LogP contribution in [0.5, 0.6) is 0 Å². The van der Waals surface area contributed by atoms with E-state index < -0.39 is 17.6 Å². The van der Waals surface area contributed by atoms with Crippen molar-refractivity contribution >= 4 is 35.1 Å². The molecule has 0 radical (unpaired) electrons. The van der Waals surface area contributed by atoms with Crippen LogP contribution in [0.15, 0.2) is 29.3 Å². The second-order valence-corrected chi connectivity index (χ2v) is 6.47. The number of rotatable bonds is 5. The number of anilines is 3. The molecule has 0 aliphatic rings. The third-order valence-electron chi connectivity index (χ3n) is 3.22. The van der Waals surface area contributed by atoms with Crippen molar-refractivity contribution < 1.29 is 18.0 Å². The van der Waals surface area contributed by atoms with Gasteiger partial charge in [-0.1, -0.05) is 17.8 Å². The number of amides is 1. The summed E-state index contributed by atoms with van der Waals surface area (Å²) >= 11 is 0.940. The minimum Gasteiger partial charge on any atom is -0.368 e. The number of halogens is 3. The van der Waals surface area contributed by atoms with Crippen LogP contribution in [0.3, 0.4) is 0 Å². The molecule has 0 saturated heterocycles. The number of nitrogens with zero attached hydrogens (tertiary/aromatic N) is 4. The number of thioether (sulfide) groups is 1. The number of alkyl halides is 3. The highest BCUT2D eigenvalue weighted by molar-refractivity contribution is 8.00. The van der Waals surface area contributed by atoms with Gasteiger partial charge in [0.1, 0.15) is 16.7 Å². The van der Waals surface area contributed by atoms with Gasteiger partial charge in [0.15, 0.2) is 5.82 Å². The average Bonchev–Trinajstić information content (AvgIpc) is 2.58. The molecule has 0 bridgehead atoms. The van der Waals surface area contributed by atoms with E-state index in [9.17, 15) is 23.2 Å². The molecule has 11 heteroatoms. The summed E-state index contributed by atoms with van der Waals surface area (Å²) < 4.78 is 38.2. The summed E-state index contributed by atoms with van der Waals surface area (Å²) in [5.74, 6) is -0.468. The Morgan fingerprint density at radius 2 is 2.07 bits per heavy atom. The smallest absolute Gasteiger partial charge is 0.368 e. The normalized spacial score (nSPS) is 11.0. The van der Waals surface area contributed by atoms with Gasteiger partial charge >= 0.3 is 6.18 Å². The van der Waals surface area contributed by atoms with E-state index >= 15 is 0 Å². The summed E-state index contributed by atoms with van der Waals surface area (Å²) in [6.07, 6.45) is -4.50. The average molecular weight is 396 g/mol. The van der Waals surface area contributed by atoms with Crippen LogP contribution >= 0.6 is 11.8 Å². The number of nitriles is 1. The van der Waals surface area contributed by atoms with E-state index in [-0.39, 0.29) is 28.0 Å². The molecular weight excluding hydrogens is 381 g/mol. The molecule has 3 N–H and O–H groups in total. The number of hydrogen-bond donors (Lipinski definition) is 2. The van der Waals surface area contributed by atoms with Gasteiger partial charge in [0, 0.05) is 19.8 Å². The summed E-state index contributed by atoms with van der Waals surface area (Å²) in [4.78, 5) is 21.6. The largest absolute Gasteiger partial charge is 0.416 e. The molecular formula is C16H15F3N6OS. The Labute approximate surface area is 157 Å². The Morgan fingerprint density at radius 1 is 1.37 bits per heavy atom. The summed E-state index contributed by atoms with van der Waals surface area (Å²) in [6.45, 7) is 0. The molecule has 0 aliphatic heterocycles. The number of aromatic nitrogens is 2. The van der Waals surface area contributed by atoms with Gasteiger partial charge in [0.2, 0.25) is 11.9 Å². The number of carbonyl (C=O) groups excluding carboxylic acids is 1. The van der Waals surface area contributed by atoms with Gasteiger partial charge in [-0.05, 0) is 18.2 Å². The van der Waals surface area contributed by atoms with Crippen molar-refractivity contribution in [2.24, 2.45) is 0 Å². The second-order valence-electron chi connectivity index (χ2n) is 5.51. The van der Waals surface area contributed by atoms with Gasteiger partial charge in [-0.25, -0.2) is 4.98 Å². The van der Waals surface area contributed by atoms with Gasteiger partial charge in [-0.2, -0.15) is 23.4 Å². The molecule has 0 atom stereocenters. The zero-order chi connectivity index (χ0) is 20.2. The molecule has 2 rings (SSSR count). The number of nitrogens with two attached hydrogens (primary N) is 1. The molecule has 1 aromatic heterocycles. The van der Waals surface area contributed by atoms with Crippen LogP contribution in [0.25, 0.3) is 0 Å². The predicted molar refractivity (Wildman–Crippen MR) is 96.3 cm³/mol. The maximum absolute atomic E-state index is 12.7. The zero-order valence-electron chi connectivity index (χ0n) is 14.3. The summed E-state index contributed by atoms with van der Waals surface area (Å²) in [7, 11) is 3.36. The van der Waals surface area contributed by atoms with Crippen molar-refractivity contribution in [2.45, 2.75) is 11.2 Å². The lowest BCUT2D eigenvalue weighted by Gasteiger charge is -2.15. The Hall–Kier alpha value is -3.00. The third kappa shape index (κ3) is 5.24. The van der Waals surface area contributed by atoms with Crippen LogP contribution < -0.4 is 16.0 Å². The molecule has 0 fully saturated rings. The monoisotopic (exact) mass is 396 g/mol. The molecule has 1 amide bonds. The molecule has 142 valence electrons. The van der Waals surface area contributed by atoms with Gasteiger partial charge in [-0.15, -0.1) is 0 Å². The van der Waals surface area contributed by atoms with Crippen molar-refractivity contribution in [1.82, 2.24) is 9.97 Å². The Bertz CT molecular complexity index is 895. The number of nitrogen functional groups attached to an aromatic ring is 1. The first-order valence-electron chi connectivity index (χ1n) is 7.46. The minimum absolute atomic E-state index is 0.0205. The first-order chi connectivity index (χ1) is 12.6. The zero-order valence-corrected chi connectivity index (χ0v) is 15.1. The maximum atomic E-state index is 12.7. The molecule has 0 saturated carbocycles. The summed E-state index contributed by atoms with van der Waals surface area (Å²) in [5, 5.41) is 11.9. The number of benzene rings is 1. The lowest BCUT2D eigenvalue weighted by atomic mass is 10.2. The van der Waals surface area contributed by atoms with Crippen molar-refractivity contribution in [3.8, 4) is 6.07 Å². The van der Waals surface area contributed by atoms with Crippen LogP contribution in [0, 0.1) is 11.3 Å². The molecule has 0 spiro atoms. The lowest BCUT2D eigenvalue weighted by Crippen LogP contribution is -2.17. The molecule has 0 unspecified atom stereocenters.